The maximum Gasteiger partial charge on any atom is 0.408 e. The first-order valence-corrected chi connectivity index (χ1v) is 16.8. The number of carbonyl (C=O) groups excluding carboxylic acids is 7. The average Bonchev–Trinajstić information content (AvgIpc) is 3.10. The molecule has 2 rings (SSSR count). The lowest BCUT2D eigenvalue weighted by Crippen LogP contribution is -2.60. The number of rotatable bonds is 19. The second-order valence-electron chi connectivity index (χ2n) is 12.8. The Balaban J connectivity index is 2.03. The van der Waals surface area contributed by atoms with Gasteiger partial charge >= 0.3 is 6.09 Å². The molecule has 7 amide bonds. The van der Waals surface area contributed by atoms with E-state index in [2.05, 4.69) is 36.9 Å². The van der Waals surface area contributed by atoms with Crippen molar-refractivity contribution in [1.29, 1.82) is 0 Å². The number of hydrogen-bond donors (Lipinski definition) is 7. The predicted octanol–water partition coefficient (Wildman–Crippen LogP) is 0.780. The van der Waals surface area contributed by atoms with E-state index in [0.717, 1.165) is 0 Å². The number of amides is 7. The minimum atomic E-state index is -1.30. The van der Waals surface area contributed by atoms with Gasteiger partial charge in [0, 0.05) is 36.6 Å². The van der Waals surface area contributed by atoms with Crippen LogP contribution in [0.2, 0.25) is 0 Å². The molecule has 0 aliphatic rings. The van der Waals surface area contributed by atoms with E-state index in [4.69, 9.17) is 10.5 Å². The van der Waals surface area contributed by atoms with Gasteiger partial charge in [0.1, 0.15) is 36.8 Å². The number of alkyl carbamates (subject to hydrolysis) is 1. The third kappa shape index (κ3) is 14.6. The molecule has 0 radical (unpaired) electrons. The number of nitro groups is 1. The first-order valence-electron chi connectivity index (χ1n) is 16.8. The summed E-state index contributed by atoms with van der Waals surface area (Å²) in [6.45, 7) is 9.28. The average molecular weight is 742 g/mol. The number of pyridine rings is 1. The lowest BCUT2D eigenvalue weighted by Gasteiger charge is -2.29. The molecule has 0 aliphatic carbocycles. The van der Waals surface area contributed by atoms with Crippen LogP contribution in [0.25, 0.3) is 0 Å². The van der Waals surface area contributed by atoms with Gasteiger partial charge in [0.05, 0.1) is 4.92 Å². The molecule has 8 N–H and O–H groups in total. The number of primary amides is 1. The standard InChI is InChI=1S/C34H47N9O10/c1-18(2)27(32(48)38-20(5)29(45)37-21(6)30(46)39-23-7-9-24(10-8-23)43(51)52)42-33(49)28(19(3)4)41-31(47)25(11-12-26(35)44)40-34(50)53-17-22-13-15-36-16-14-22/h7-10,13-16,18-21,25,27-28H,11-12,17H2,1-6H3,(H2,35,44)(H,37,45)(H,38,48)(H,39,46)(H,40,50)(H,41,47)(H,42,49)/t20-,21-,25-,27-,28-/m0/s1. The number of aromatic nitrogens is 1. The monoisotopic (exact) mass is 741 g/mol. The molecule has 0 spiro atoms. The van der Waals surface area contributed by atoms with Gasteiger partial charge in [-0.25, -0.2) is 4.79 Å². The van der Waals surface area contributed by atoms with Crippen LogP contribution < -0.4 is 37.6 Å². The Labute approximate surface area is 306 Å². The highest BCUT2D eigenvalue weighted by Gasteiger charge is 2.34. The molecule has 1 aromatic carbocycles. The van der Waals surface area contributed by atoms with Crippen molar-refractivity contribution >= 4 is 52.9 Å². The fraction of sp³-hybridized carbons (Fsp3) is 0.471. The van der Waals surface area contributed by atoms with Gasteiger partial charge in [0.15, 0.2) is 0 Å². The number of nitrogens with two attached hydrogens (primary N) is 1. The van der Waals surface area contributed by atoms with Crippen molar-refractivity contribution in [2.45, 2.75) is 91.2 Å². The van der Waals surface area contributed by atoms with Crippen LogP contribution in [0.1, 0.15) is 59.9 Å². The zero-order chi connectivity index (χ0) is 39.8. The highest BCUT2D eigenvalue weighted by molar-refractivity contribution is 5.99. The van der Waals surface area contributed by atoms with Crippen molar-refractivity contribution < 1.29 is 43.2 Å². The van der Waals surface area contributed by atoms with Crippen LogP contribution in [0, 0.1) is 22.0 Å². The lowest BCUT2D eigenvalue weighted by atomic mass is 9.99. The molecule has 2 aromatic rings. The minimum absolute atomic E-state index is 0.118. The number of nitrogens with zero attached hydrogens (tertiary/aromatic N) is 2. The third-order valence-electron chi connectivity index (χ3n) is 7.75. The molecule has 53 heavy (non-hydrogen) atoms. The fourth-order valence-electron chi connectivity index (χ4n) is 4.62. The Morgan fingerprint density at radius 1 is 0.717 bits per heavy atom. The van der Waals surface area contributed by atoms with E-state index in [1.165, 1.54) is 50.5 Å². The molecular weight excluding hydrogens is 694 g/mol. The summed E-state index contributed by atoms with van der Waals surface area (Å²) in [6, 6.07) is 2.50. The number of nitrogens with one attached hydrogen (secondary N) is 6. The molecule has 0 fully saturated rings. The van der Waals surface area contributed by atoms with Crippen LogP contribution in [-0.2, 0) is 40.1 Å². The third-order valence-corrected chi connectivity index (χ3v) is 7.75. The van der Waals surface area contributed by atoms with Gasteiger partial charge in [-0.2, -0.15) is 0 Å². The van der Waals surface area contributed by atoms with Crippen LogP contribution in [0.4, 0.5) is 16.2 Å². The second kappa shape index (κ2) is 20.6. The van der Waals surface area contributed by atoms with Crippen molar-refractivity contribution in [2.75, 3.05) is 5.32 Å². The summed E-state index contributed by atoms with van der Waals surface area (Å²) in [6.07, 6.45) is 1.63. The Morgan fingerprint density at radius 2 is 1.23 bits per heavy atom. The van der Waals surface area contributed by atoms with E-state index < -0.39 is 88.5 Å². The van der Waals surface area contributed by atoms with E-state index in [9.17, 15) is 43.7 Å². The molecule has 0 saturated carbocycles. The van der Waals surface area contributed by atoms with Crippen molar-refractivity contribution in [3.63, 3.8) is 0 Å². The van der Waals surface area contributed by atoms with E-state index >= 15 is 0 Å². The molecule has 1 heterocycles. The number of non-ortho nitro benzene ring substituents is 1. The molecule has 19 nitrogen and oxygen atoms in total. The summed E-state index contributed by atoms with van der Waals surface area (Å²) in [5.41, 5.74) is 6.01. The minimum Gasteiger partial charge on any atom is -0.445 e. The molecular formula is C34H47N9O10. The molecule has 5 atom stereocenters. The maximum absolute atomic E-state index is 13.5. The second-order valence-corrected chi connectivity index (χ2v) is 12.8. The van der Waals surface area contributed by atoms with Crippen LogP contribution >= 0.6 is 0 Å². The van der Waals surface area contributed by atoms with E-state index in [-0.39, 0.29) is 30.8 Å². The Morgan fingerprint density at radius 3 is 1.75 bits per heavy atom. The Hall–Kier alpha value is -6.14. The van der Waals surface area contributed by atoms with Gasteiger partial charge in [-0.1, -0.05) is 27.7 Å². The highest BCUT2D eigenvalue weighted by atomic mass is 16.6. The van der Waals surface area contributed by atoms with Gasteiger partial charge in [-0.15, -0.1) is 0 Å². The van der Waals surface area contributed by atoms with Gasteiger partial charge in [-0.3, -0.25) is 43.9 Å². The number of ether oxygens (including phenoxy) is 1. The number of hydrogen-bond acceptors (Lipinski definition) is 11. The van der Waals surface area contributed by atoms with Crippen molar-refractivity contribution in [3.8, 4) is 0 Å². The van der Waals surface area contributed by atoms with Crippen molar-refractivity contribution in [1.82, 2.24) is 31.6 Å². The molecule has 0 saturated heterocycles. The van der Waals surface area contributed by atoms with E-state index in [1.54, 1.807) is 39.8 Å². The topological polar surface area (TPSA) is 283 Å². The number of benzene rings is 1. The lowest BCUT2D eigenvalue weighted by molar-refractivity contribution is -0.384. The Kier molecular flexibility index (Phi) is 16.8. The molecule has 0 aliphatic heterocycles. The van der Waals surface area contributed by atoms with Gasteiger partial charge < -0.3 is 42.4 Å². The Bertz CT molecular complexity index is 1620. The molecule has 1 aromatic heterocycles. The summed E-state index contributed by atoms with van der Waals surface area (Å²) in [4.78, 5) is 104. The quantitative estimate of drug-likeness (QED) is 0.0780. The highest BCUT2D eigenvalue weighted by Crippen LogP contribution is 2.16. The molecule has 19 heteroatoms. The van der Waals surface area contributed by atoms with Crippen molar-refractivity contribution in [3.05, 3.63) is 64.5 Å². The summed E-state index contributed by atoms with van der Waals surface area (Å²) >= 11 is 0. The molecule has 0 unspecified atom stereocenters. The first kappa shape index (κ1) is 43.0. The molecule has 0 bridgehead atoms. The number of nitro benzene ring substituents is 1. The summed E-state index contributed by atoms with van der Waals surface area (Å²) < 4.78 is 5.17. The smallest absolute Gasteiger partial charge is 0.408 e. The van der Waals surface area contributed by atoms with Crippen LogP contribution in [-0.4, -0.2) is 81.7 Å². The summed E-state index contributed by atoms with van der Waals surface area (Å²) in [7, 11) is 0. The van der Waals surface area contributed by atoms with E-state index in [0.29, 0.717) is 5.56 Å². The zero-order valence-electron chi connectivity index (χ0n) is 30.3. The van der Waals surface area contributed by atoms with Crippen LogP contribution in [0.15, 0.2) is 48.8 Å². The number of carbonyl (C=O) groups is 7. The SMILES string of the molecule is CC(C)[C@H](NC(=O)[C@H](CCC(N)=O)NC(=O)OCc1ccncc1)C(=O)N[C@H](C(=O)N[C@@H](C)C(=O)N[C@@H](C)C(=O)Nc1ccc([N+](=O)[O-])cc1)C(C)C. The predicted molar refractivity (Wildman–Crippen MR) is 190 cm³/mol. The van der Waals surface area contributed by atoms with Crippen LogP contribution in [0.5, 0.6) is 0 Å². The maximum atomic E-state index is 13.5. The first-order chi connectivity index (χ1) is 24.9. The largest absolute Gasteiger partial charge is 0.445 e. The zero-order valence-corrected chi connectivity index (χ0v) is 30.3. The normalized spacial score (nSPS) is 13.7. The van der Waals surface area contributed by atoms with E-state index in [1.807, 2.05) is 0 Å². The van der Waals surface area contributed by atoms with Crippen LogP contribution in [0.3, 0.4) is 0 Å². The fourth-order valence-corrected chi connectivity index (χ4v) is 4.62. The van der Waals surface area contributed by atoms with Crippen molar-refractivity contribution in [2.24, 2.45) is 17.6 Å². The van der Waals surface area contributed by atoms with Gasteiger partial charge in [0.25, 0.3) is 5.69 Å². The molecule has 288 valence electrons. The summed E-state index contributed by atoms with van der Waals surface area (Å²) in [5, 5.41) is 26.0. The van der Waals surface area contributed by atoms with Gasteiger partial charge in [0.2, 0.25) is 35.4 Å². The number of anilines is 1. The van der Waals surface area contributed by atoms with Gasteiger partial charge in [-0.05, 0) is 61.9 Å². The summed E-state index contributed by atoms with van der Waals surface area (Å²) in [5.74, 6) is -5.29.